The van der Waals surface area contributed by atoms with Gasteiger partial charge in [-0.25, -0.2) is 0 Å². The molecule has 0 bridgehead atoms. The Kier molecular flexibility index (Phi) is 5.40. The SMILES string of the molecule is COCCCCCNc1ccc(C#N)c2ccccc12. The largest absolute Gasteiger partial charge is 0.385 e. The third-order valence-electron chi connectivity index (χ3n) is 3.39. The lowest BCUT2D eigenvalue weighted by Crippen LogP contribution is -2.03. The molecule has 0 saturated carbocycles. The van der Waals surface area contributed by atoms with Crippen molar-refractivity contribution >= 4 is 16.5 Å². The summed E-state index contributed by atoms with van der Waals surface area (Å²) >= 11 is 0. The summed E-state index contributed by atoms with van der Waals surface area (Å²) in [6.07, 6.45) is 3.39. The van der Waals surface area contributed by atoms with Gasteiger partial charge in [-0.3, -0.25) is 0 Å². The van der Waals surface area contributed by atoms with Crippen LogP contribution in [0.2, 0.25) is 0 Å². The first-order valence-corrected chi connectivity index (χ1v) is 7.01. The second-order valence-corrected chi connectivity index (χ2v) is 4.80. The molecule has 0 spiro atoms. The van der Waals surface area contributed by atoms with Crippen molar-refractivity contribution in [3.05, 3.63) is 42.0 Å². The van der Waals surface area contributed by atoms with Gasteiger partial charge in [-0.15, -0.1) is 0 Å². The molecule has 104 valence electrons. The van der Waals surface area contributed by atoms with E-state index in [1.165, 1.54) is 0 Å². The first-order chi connectivity index (χ1) is 9.86. The molecule has 0 aliphatic rings. The van der Waals surface area contributed by atoms with Crippen molar-refractivity contribution in [2.24, 2.45) is 0 Å². The smallest absolute Gasteiger partial charge is 0.0998 e. The van der Waals surface area contributed by atoms with Crippen LogP contribution in [0.3, 0.4) is 0 Å². The Morgan fingerprint density at radius 3 is 2.60 bits per heavy atom. The Balaban J connectivity index is 2.02. The van der Waals surface area contributed by atoms with Gasteiger partial charge in [0, 0.05) is 36.7 Å². The first kappa shape index (κ1) is 14.4. The Morgan fingerprint density at radius 2 is 1.85 bits per heavy atom. The zero-order valence-electron chi connectivity index (χ0n) is 11.9. The van der Waals surface area contributed by atoms with E-state index in [-0.39, 0.29) is 0 Å². The van der Waals surface area contributed by atoms with Gasteiger partial charge in [-0.1, -0.05) is 24.3 Å². The van der Waals surface area contributed by atoms with E-state index in [4.69, 9.17) is 10.00 Å². The number of hydrogen-bond acceptors (Lipinski definition) is 3. The van der Waals surface area contributed by atoms with Crippen molar-refractivity contribution in [3.8, 4) is 6.07 Å². The van der Waals surface area contributed by atoms with Crippen LogP contribution in [0.15, 0.2) is 36.4 Å². The Bertz CT molecular complexity index is 601. The van der Waals surface area contributed by atoms with Crippen molar-refractivity contribution in [2.75, 3.05) is 25.6 Å². The molecule has 0 atom stereocenters. The van der Waals surface area contributed by atoms with Gasteiger partial charge in [0.1, 0.15) is 0 Å². The molecular formula is C17H20N2O. The second kappa shape index (κ2) is 7.52. The van der Waals surface area contributed by atoms with Crippen LogP contribution in [-0.2, 0) is 4.74 Å². The highest BCUT2D eigenvalue weighted by Gasteiger charge is 2.04. The predicted molar refractivity (Wildman–Crippen MR) is 82.9 cm³/mol. The number of hydrogen-bond donors (Lipinski definition) is 1. The number of methoxy groups -OCH3 is 1. The highest BCUT2D eigenvalue weighted by Crippen LogP contribution is 2.26. The Morgan fingerprint density at radius 1 is 1.05 bits per heavy atom. The summed E-state index contributed by atoms with van der Waals surface area (Å²) in [5.41, 5.74) is 1.83. The summed E-state index contributed by atoms with van der Waals surface area (Å²) in [6.45, 7) is 1.78. The molecule has 1 N–H and O–H groups in total. The van der Waals surface area contributed by atoms with Crippen molar-refractivity contribution in [1.82, 2.24) is 0 Å². The quantitative estimate of drug-likeness (QED) is 0.774. The molecule has 0 aliphatic heterocycles. The number of ether oxygens (including phenoxy) is 1. The number of benzene rings is 2. The summed E-state index contributed by atoms with van der Waals surface area (Å²) in [6, 6.07) is 14.2. The summed E-state index contributed by atoms with van der Waals surface area (Å²) < 4.78 is 5.04. The van der Waals surface area contributed by atoms with Crippen LogP contribution < -0.4 is 5.32 Å². The topological polar surface area (TPSA) is 45.0 Å². The molecule has 20 heavy (non-hydrogen) atoms. The molecule has 2 rings (SSSR count). The molecule has 2 aromatic carbocycles. The molecule has 3 heteroatoms. The van der Waals surface area contributed by atoms with E-state index < -0.39 is 0 Å². The third kappa shape index (κ3) is 3.49. The van der Waals surface area contributed by atoms with Gasteiger partial charge >= 0.3 is 0 Å². The standard InChI is InChI=1S/C17H20N2O/c1-20-12-6-2-5-11-19-17-10-9-14(13-18)15-7-3-4-8-16(15)17/h3-4,7-10,19H,2,5-6,11-12H2,1H3. The number of nitrogens with one attached hydrogen (secondary N) is 1. The van der Waals surface area contributed by atoms with Gasteiger partial charge in [0.2, 0.25) is 0 Å². The zero-order valence-corrected chi connectivity index (χ0v) is 11.9. The Labute approximate surface area is 120 Å². The van der Waals surface area contributed by atoms with Crippen LogP contribution in [0.5, 0.6) is 0 Å². The van der Waals surface area contributed by atoms with Crippen LogP contribution in [-0.4, -0.2) is 20.3 Å². The lowest BCUT2D eigenvalue weighted by Gasteiger charge is -2.10. The number of nitriles is 1. The molecule has 2 aromatic rings. The maximum Gasteiger partial charge on any atom is 0.0998 e. The van der Waals surface area contributed by atoms with Gasteiger partial charge in [0.15, 0.2) is 0 Å². The lowest BCUT2D eigenvalue weighted by molar-refractivity contribution is 0.192. The number of nitrogens with zero attached hydrogens (tertiary/aromatic N) is 1. The maximum absolute atomic E-state index is 9.14. The van der Waals surface area contributed by atoms with Crippen molar-refractivity contribution in [2.45, 2.75) is 19.3 Å². The molecule has 0 aromatic heterocycles. The van der Waals surface area contributed by atoms with Crippen molar-refractivity contribution in [3.63, 3.8) is 0 Å². The summed E-state index contributed by atoms with van der Waals surface area (Å²) in [5.74, 6) is 0. The summed E-state index contributed by atoms with van der Waals surface area (Å²) in [7, 11) is 1.74. The maximum atomic E-state index is 9.14. The lowest BCUT2D eigenvalue weighted by atomic mass is 10.0. The van der Waals surface area contributed by atoms with E-state index in [9.17, 15) is 0 Å². The number of rotatable bonds is 7. The van der Waals surface area contributed by atoms with Crippen LogP contribution >= 0.6 is 0 Å². The van der Waals surface area contributed by atoms with Crippen LogP contribution in [0.4, 0.5) is 5.69 Å². The normalized spacial score (nSPS) is 10.4. The van der Waals surface area contributed by atoms with Gasteiger partial charge < -0.3 is 10.1 Å². The average Bonchev–Trinajstić information content (AvgIpc) is 2.50. The number of fused-ring (bicyclic) bond motifs is 1. The molecule has 0 saturated heterocycles. The number of anilines is 1. The van der Waals surface area contributed by atoms with E-state index in [0.717, 1.165) is 54.4 Å². The van der Waals surface area contributed by atoms with Crippen LogP contribution in [0.25, 0.3) is 10.8 Å². The zero-order chi connectivity index (χ0) is 14.2. The molecule has 0 aliphatic carbocycles. The van der Waals surface area contributed by atoms with E-state index >= 15 is 0 Å². The number of unbranched alkanes of at least 4 members (excludes halogenated alkanes) is 2. The first-order valence-electron chi connectivity index (χ1n) is 7.01. The molecule has 0 heterocycles. The molecule has 0 unspecified atom stereocenters. The average molecular weight is 268 g/mol. The van der Waals surface area contributed by atoms with Gasteiger partial charge in [-0.2, -0.15) is 5.26 Å². The minimum atomic E-state index is 0.728. The summed E-state index contributed by atoms with van der Waals surface area (Å²) in [4.78, 5) is 0. The summed E-state index contributed by atoms with van der Waals surface area (Å²) in [5, 5.41) is 14.7. The molecular weight excluding hydrogens is 248 g/mol. The highest BCUT2D eigenvalue weighted by molar-refractivity contribution is 5.97. The van der Waals surface area contributed by atoms with E-state index in [1.807, 2.05) is 30.3 Å². The van der Waals surface area contributed by atoms with E-state index in [2.05, 4.69) is 17.5 Å². The Hall–Kier alpha value is -2.05. The fourth-order valence-electron chi connectivity index (χ4n) is 2.32. The molecule has 0 fully saturated rings. The van der Waals surface area contributed by atoms with E-state index in [1.54, 1.807) is 7.11 Å². The molecule has 3 nitrogen and oxygen atoms in total. The van der Waals surface area contributed by atoms with Crippen molar-refractivity contribution < 1.29 is 4.74 Å². The molecule has 0 amide bonds. The monoisotopic (exact) mass is 268 g/mol. The van der Waals surface area contributed by atoms with Crippen LogP contribution in [0.1, 0.15) is 24.8 Å². The minimum absolute atomic E-state index is 0.728. The predicted octanol–water partition coefficient (Wildman–Crippen LogP) is 3.94. The minimum Gasteiger partial charge on any atom is -0.385 e. The van der Waals surface area contributed by atoms with Gasteiger partial charge in [0.25, 0.3) is 0 Å². The fraction of sp³-hybridized carbons (Fsp3) is 0.353. The van der Waals surface area contributed by atoms with E-state index in [0.29, 0.717) is 0 Å². The second-order valence-electron chi connectivity index (χ2n) is 4.80. The fourth-order valence-corrected chi connectivity index (χ4v) is 2.32. The highest BCUT2D eigenvalue weighted by atomic mass is 16.5. The van der Waals surface area contributed by atoms with Gasteiger partial charge in [-0.05, 0) is 31.4 Å². The third-order valence-corrected chi connectivity index (χ3v) is 3.39. The van der Waals surface area contributed by atoms with Crippen molar-refractivity contribution in [1.29, 1.82) is 5.26 Å². The van der Waals surface area contributed by atoms with Crippen LogP contribution in [0, 0.1) is 11.3 Å². The molecule has 0 radical (unpaired) electrons. The van der Waals surface area contributed by atoms with Gasteiger partial charge in [0.05, 0.1) is 11.6 Å².